The molecule has 32 heavy (non-hydrogen) atoms. The van der Waals surface area contributed by atoms with E-state index in [2.05, 4.69) is 20.7 Å². The van der Waals surface area contributed by atoms with Crippen LogP contribution in [0.15, 0.2) is 52.7 Å². The molecule has 3 aromatic rings. The first-order chi connectivity index (χ1) is 15.6. The SMILES string of the molecule is CCn1c(SCC(=O)N/N=C\c2cccc(OC)c2OC)nnc1-c1ccc(OC)cc1. The first kappa shape index (κ1) is 23.1. The van der Waals surface area contributed by atoms with Crippen molar-refractivity contribution in [1.29, 1.82) is 0 Å². The highest BCUT2D eigenvalue weighted by Gasteiger charge is 2.15. The molecule has 2 aromatic carbocycles. The third-order valence-corrected chi connectivity index (χ3v) is 5.51. The van der Waals surface area contributed by atoms with Gasteiger partial charge in [-0.25, -0.2) is 5.43 Å². The summed E-state index contributed by atoms with van der Waals surface area (Å²) >= 11 is 1.30. The van der Waals surface area contributed by atoms with Crippen molar-refractivity contribution in [2.45, 2.75) is 18.6 Å². The first-order valence-corrected chi connectivity index (χ1v) is 10.8. The van der Waals surface area contributed by atoms with Crippen LogP contribution in [0.25, 0.3) is 11.4 Å². The van der Waals surface area contributed by atoms with E-state index in [9.17, 15) is 4.79 Å². The second kappa shape index (κ2) is 11.2. The largest absolute Gasteiger partial charge is 0.497 e. The van der Waals surface area contributed by atoms with Crippen molar-refractivity contribution in [2.24, 2.45) is 5.10 Å². The maximum absolute atomic E-state index is 12.3. The van der Waals surface area contributed by atoms with Crippen LogP contribution in [0.4, 0.5) is 0 Å². The van der Waals surface area contributed by atoms with Crippen molar-refractivity contribution in [3.63, 3.8) is 0 Å². The number of carbonyl (C=O) groups is 1. The molecule has 0 saturated carbocycles. The lowest BCUT2D eigenvalue weighted by atomic mass is 10.2. The molecule has 0 unspecified atom stereocenters. The number of hydrogen-bond acceptors (Lipinski definition) is 8. The number of benzene rings is 2. The number of nitrogens with one attached hydrogen (secondary N) is 1. The number of carbonyl (C=O) groups excluding carboxylic acids is 1. The normalized spacial score (nSPS) is 10.9. The molecule has 1 heterocycles. The number of ether oxygens (including phenoxy) is 3. The van der Waals surface area contributed by atoms with E-state index >= 15 is 0 Å². The number of thioether (sulfide) groups is 1. The van der Waals surface area contributed by atoms with Crippen LogP contribution >= 0.6 is 11.8 Å². The van der Waals surface area contributed by atoms with Crippen LogP contribution in [-0.4, -0.2) is 54.0 Å². The molecular formula is C22H25N5O4S. The molecule has 1 amide bonds. The van der Waals surface area contributed by atoms with E-state index in [1.165, 1.54) is 18.0 Å². The molecule has 0 aliphatic carbocycles. The number of para-hydroxylation sites is 1. The van der Waals surface area contributed by atoms with Crippen LogP contribution in [0.2, 0.25) is 0 Å². The van der Waals surface area contributed by atoms with E-state index in [4.69, 9.17) is 14.2 Å². The Balaban J connectivity index is 1.62. The molecule has 0 saturated heterocycles. The van der Waals surface area contributed by atoms with E-state index in [1.807, 2.05) is 47.9 Å². The third-order valence-electron chi connectivity index (χ3n) is 4.54. The molecule has 0 aliphatic heterocycles. The Hall–Kier alpha value is -3.53. The summed E-state index contributed by atoms with van der Waals surface area (Å²) < 4.78 is 17.8. The monoisotopic (exact) mass is 455 g/mol. The topological polar surface area (TPSA) is 99.9 Å². The molecule has 0 radical (unpaired) electrons. The fourth-order valence-corrected chi connectivity index (χ4v) is 3.78. The van der Waals surface area contributed by atoms with Crippen LogP contribution in [0, 0.1) is 0 Å². The van der Waals surface area contributed by atoms with Gasteiger partial charge in [-0.3, -0.25) is 4.79 Å². The van der Waals surface area contributed by atoms with E-state index < -0.39 is 0 Å². The van der Waals surface area contributed by atoms with Gasteiger partial charge in [0, 0.05) is 17.7 Å². The lowest BCUT2D eigenvalue weighted by Gasteiger charge is -2.09. The number of methoxy groups -OCH3 is 3. The van der Waals surface area contributed by atoms with E-state index in [1.54, 1.807) is 27.4 Å². The molecule has 9 nitrogen and oxygen atoms in total. The molecule has 0 spiro atoms. The number of hydrazone groups is 1. The summed E-state index contributed by atoms with van der Waals surface area (Å²) in [7, 11) is 4.74. The molecule has 1 N–H and O–H groups in total. The Morgan fingerprint density at radius 3 is 2.53 bits per heavy atom. The second-order valence-corrected chi connectivity index (χ2v) is 7.39. The molecule has 1 aromatic heterocycles. The average Bonchev–Trinajstić information content (AvgIpc) is 3.25. The van der Waals surface area contributed by atoms with Gasteiger partial charge in [0.25, 0.3) is 5.91 Å². The molecule has 0 fully saturated rings. The summed E-state index contributed by atoms with van der Waals surface area (Å²) in [5, 5.41) is 13.2. The van der Waals surface area contributed by atoms with Crippen molar-refractivity contribution in [2.75, 3.05) is 27.1 Å². The van der Waals surface area contributed by atoms with Gasteiger partial charge in [0.1, 0.15) is 5.75 Å². The first-order valence-electron chi connectivity index (χ1n) is 9.84. The van der Waals surface area contributed by atoms with Crippen LogP contribution in [0.5, 0.6) is 17.2 Å². The van der Waals surface area contributed by atoms with Gasteiger partial charge in [-0.05, 0) is 43.3 Å². The molecule has 10 heteroatoms. The lowest BCUT2D eigenvalue weighted by Crippen LogP contribution is -2.20. The zero-order valence-corrected chi connectivity index (χ0v) is 19.2. The van der Waals surface area contributed by atoms with Crippen molar-refractivity contribution in [1.82, 2.24) is 20.2 Å². The molecule has 0 aliphatic rings. The summed E-state index contributed by atoms with van der Waals surface area (Å²) in [6, 6.07) is 13.0. The molecule has 168 valence electrons. The second-order valence-electron chi connectivity index (χ2n) is 6.44. The Morgan fingerprint density at radius 1 is 1.09 bits per heavy atom. The lowest BCUT2D eigenvalue weighted by molar-refractivity contribution is -0.118. The fraction of sp³-hybridized carbons (Fsp3) is 0.273. The Bertz CT molecular complexity index is 1080. The maximum atomic E-state index is 12.3. The summed E-state index contributed by atoms with van der Waals surface area (Å²) in [6.45, 7) is 2.68. The zero-order valence-electron chi connectivity index (χ0n) is 18.4. The zero-order chi connectivity index (χ0) is 22.9. The summed E-state index contributed by atoms with van der Waals surface area (Å²) in [5.41, 5.74) is 4.13. The number of rotatable bonds is 10. The summed E-state index contributed by atoms with van der Waals surface area (Å²) in [6.07, 6.45) is 1.51. The van der Waals surface area contributed by atoms with E-state index in [0.29, 0.717) is 28.8 Å². The Labute approximate surface area is 190 Å². The van der Waals surface area contributed by atoms with Crippen molar-refractivity contribution in [3.05, 3.63) is 48.0 Å². The smallest absolute Gasteiger partial charge is 0.250 e. The Kier molecular flexibility index (Phi) is 8.09. The standard InChI is InChI=1S/C22H25N5O4S/c1-5-27-21(15-9-11-17(29-2)12-10-15)25-26-22(27)32-14-19(28)24-23-13-16-7-6-8-18(30-3)20(16)31-4/h6-13H,5,14H2,1-4H3,(H,24,28)/b23-13-. The predicted octanol–water partition coefficient (Wildman–Crippen LogP) is 3.23. The highest BCUT2D eigenvalue weighted by Crippen LogP contribution is 2.29. The number of amides is 1. The van der Waals surface area contributed by atoms with Gasteiger partial charge >= 0.3 is 0 Å². The van der Waals surface area contributed by atoms with Crippen LogP contribution in [0.1, 0.15) is 12.5 Å². The highest BCUT2D eigenvalue weighted by molar-refractivity contribution is 7.99. The minimum Gasteiger partial charge on any atom is -0.497 e. The summed E-state index contributed by atoms with van der Waals surface area (Å²) in [4.78, 5) is 12.3. The quantitative estimate of drug-likeness (QED) is 0.285. The molecule has 0 bridgehead atoms. The average molecular weight is 456 g/mol. The van der Waals surface area contributed by atoms with Gasteiger partial charge in [0.15, 0.2) is 22.5 Å². The van der Waals surface area contributed by atoms with Crippen LogP contribution < -0.4 is 19.6 Å². The van der Waals surface area contributed by atoms with Crippen molar-refractivity contribution < 1.29 is 19.0 Å². The number of aromatic nitrogens is 3. The van der Waals surface area contributed by atoms with Gasteiger partial charge in [-0.2, -0.15) is 5.10 Å². The third kappa shape index (κ3) is 5.38. The van der Waals surface area contributed by atoms with Crippen molar-refractivity contribution in [3.8, 4) is 28.6 Å². The van der Waals surface area contributed by atoms with Gasteiger partial charge in [0.05, 0.1) is 33.3 Å². The minimum atomic E-state index is -0.259. The predicted molar refractivity (Wildman–Crippen MR) is 124 cm³/mol. The fourth-order valence-electron chi connectivity index (χ4n) is 2.98. The molecule has 3 rings (SSSR count). The number of hydrogen-bond donors (Lipinski definition) is 1. The summed E-state index contributed by atoms with van der Waals surface area (Å²) in [5.74, 6) is 2.53. The number of nitrogens with zero attached hydrogens (tertiary/aromatic N) is 4. The maximum Gasteiger partial charge on any atom is 0.250 e. The van der Waals surface area contributed by atoms with Crippen LogP contribution in [0.3, 0.4) is 0 Å². The van der Waals surface area contributed by atoms with Crippen molar-refractivity contribution >= 4 is 23.9 Å². The van der Waals surface area contributed by atoms with Gasteiger partial charge < -0.3 is 18.8 Å². The molecule has 0 atom stereocenters. The van der Waals surface area contributed by atoms with Gasteiger partial charge in [-0.1, -0.05) is 17.8 Å². The van der Waals surface area contributed by atoms with E-state index in [0.717, 1.165) is 17.1 Å². The van der Waals surface area contributed by atoms with Gasteiger partial charge in [-0.15, -0.1) is 10.2 Å². The van der Waals surface area contributed by atoms with E-state index in [-0.39, 0.29) is 11.7 Å². The molecular weight excluding hydrogens is 430 g/mol. The highest BCUT2D eigenvalue weighted by atomic mass is 32.2. The minimum absolute atomic E-state index is 0.146. The Morgan fingerprint density at radius 2 is 1.88 bits per heavy atom. The van der Waals surface area contributed by atoms with Gasteiger partial charge in [0.2, 0.25) is 0 Å². The van der Waals surface area contributed by atoms with Crippen LogP contribution in [-0.2, 0) is 11.3 Å².